The number of carbonyl (C=O) groups is 1. The van der Waals surface area contributed by atoms with Crippen molar-refractivity contribution in [2.75, 3.05) is 0 Å². The number of aldehydes is 1. The van der Waals surface area contributed by atoms with Crippen molar-refractivity contribution in [3.63, 3.8) is 0 Å². The molecule has 0 aromatic heterocycles. The molecule has 0 atom stereocenters. The molecule has 92 valence electrons. The van der Waals surface area contributed by atoms with Crippen molar-refractivity contribution in [1.29, 1.82) is 0 Å². The Morgan fingerprint density at radius 2 is 1.50 bits per heavy atom. The summed E-state index contributed by atoms with van der Waals surface area (Å²) in [7, 11) is -9.34. The van der Waals surface area contributed by atoms with Crippen LogP contribution in [0, 0.1) is 0 Å². The van der Waals surface area contributed by atoms with Crippen molar-refractivity contribution >= 4 is 26.5 Å². The van der Waals surface area contributed by atoms with E-state index in [1.54, 1.807) is 0 Å². The molecule has 0 saturated carbocycles. The van der Waals surface area contributed by atoms with E-state index in [4.69, 9.17) is 9.11 Å². The van der Waals surface area contributed by atoms with Gasteiger partial charge in [-0.3, -0.25) is 13.9 Å². The molecule has 1 aromatic carbocycles. The van der Waals surface area contributed by atoms with E-state index in [0.29, 0.717) is 6.07 Å². The summed E-state index contributed by atoms with van der Waals surface area (Å²) in [5.74, 6) is 0. The predicted molar refractivity (Wildman–Crippen MR) is 53.7 cm³/mol. The molecule has 2 N–H and O–H groups in total. The number of hydrogen-bond acceptors (Lipinski definition) is 5. The normalized spacial score (nSPS) is 11.0. The Balaban J connectivity index is -0.000000320. The van der Waals surface area contributed by atoms with Crippen molar-refractivity contribution in [2.45, 2.75) is 9.79 Å². The first-order valence-corrected chi connectivity index (χ1v) is 6.58. The molecular formula is C7H8Na2O7S2. The maximum atomic E-state index is 10.8. The van der Waals surface area contributed by atoms with Gasteiger partial charge >= 0.3 is 59.1 Å². The molecule has 0 heterocycles. The topological polar surface area (TPSA) is 126 Å². The van der Waals surface area contributed by atoms with Crippen LogP contribution in [-0.4, -0.2) is 32.2 Å². The number of rotatable bonds is 3. The van der Waals surface area contributed by atoms with E-state index in [1.165, 1.54) is 0 Å². The number of hydrogen-bond donors (Lipinski definition) is 2. The van der Waals surface area contributed by atoms with E-state index >= 15 is 0 Å². The molecule has 0 aliphatic carbocycles. The molecule has 1 rings (SSSR count). The van der Waals surface area contributed by atoms with Gasteiger partial charge in [-0.1, -0.05) is 0 Å². The summed E-state index contributed by atoms with van der Waals surface area (Å²) in [6.07, 6.45) is 0.136. The molecule has 0 fully saturated rings. The van der Waals surface area contributed by atoms with Gasteiger partial charge in [-0.05, 0) is 18.2 Å². The van der Waals surface area contributed by atoms with Crippen LogP contribution >= 0.6 is 0 Å². The Morgan fingerprint density at radius 1 is 1.00 bits per heavy atom. The van der Waals surface area contributed by atoms with Gasteiger partial charge in [0, 0.05) is 5.56 Å². The fraction of sp³-hybridized carbons (Fsp3) is 0. The third-order valence-corrected chi connectivity index (χ3v) is 3.45. The van der Waals surface area contributed by atoms with Crippen LogP contribution in [0.15, 0.2) is 28.0 Å². The molecule has 0 aliphatic heterocycles. The number of benzene rings is 1. The van der Waals surface area contributed by atoms with Crippen LogP contribution in [0.5, 0.6) is 0 Å². The van der Waals surface area contributed by atoms with Gasteiger partial charge < -0.3 is 2.85 Å². The van der Waals surface area contributed by atoms with E-state index in [9.17, 15) is 21.6 Å². The summed E-state index contributed by atoms with van der Waals surface area (Å²) in [6, 6.07) is 2.20. The third kappa shape index (κ3) is 5.37. The molecule has 11 heteroatoms. The molecule has 1 aromatic rings. The minimum absolute atomic E-state index is 0. The van der Waals surface area contributed by atoms with Crippen LogP contribution in [0.25, 0.3) is 0 Å². The fourth-order valence-electron chi connectivity index (χ4n) is 0.996. The molecular weight excluding hydrogens is 306 g/mol. The van der Waals surface area contributed by atoms with Gasteiger partial charge in [0.1, 0.15) is 4.90 Å². The zero-order valence-corrected chi connectivity index (χ0v) is 15.2. The van der Waals surface area contributed by atoms with Gasteiger partial charge in [-0.25, -0.2) is 0 Å². The van der Waals surface area contributed by atoms with Gasteiger partial charge in [0.15, 0.2) is 6.29 Å². The predicted octanol–water partition coefficient (Wildman–Crippen LogP) is -5.77. The summed E-state index contributed by atoms with van der Waals surface area (Å²) >= 11 is 0. The maximum absolute atomic E-state index is 10.8. The molecule has 0 radical (unpaired) electrons. The maximum Gasteiger partial charge on any atom is 1.00 e. The first kappa shape index (κ1) is 21.0. The fourth-order valence-corrected chi connectivity index (χ4v) is 2.27. The summed E-state index contributed by atoms with van der Waals surface area (Å²) in [6.45, 7) is 0. The van der Waals surface area contributed by atoms with Crippen molar-refractivity contribution in [1.82, 2.24) is 0 Å². The first-order valence-electron chi connectivity index (χ1n) is 3.70. The average molecular weight is 314 g/mol. The Morgan fingerprint density at radius 3 is 1.83 bits per heavy atom. The van der Waals surface area contributed by atoms with Gasteiger partial charge in [0.2, 0.25) is 0 Å². The van der Waals surface area contributed by atoms with E-state index < -0.39 is 35.6 Å². The zero-order valence-electron chi connectivity index (χ0n) is 11.6. The average Bonchev–Trinajstić information content (AvgIpc) is 2.14. The first-order chi connectivity index (χ1) is 7.16. The van der Waals surface area contributed by atoms with Crippen molar-refractivity contribution < 1.29 is 92.7 Å². The van der Waals surface area contributed by atoms with E-state index in [1.807, 2.05) is 0 Å². The summed E-state index contributed by atoms with van der Waals surface area (Å²) in [4.78, 5) is 8.84. The van der Waals surface area contributed by atoms with Gasteiger partial charge in [0.05, 0.1) is 4.90 Å². The molecule has 0 spiro atoms. The summed E-state index contributed by atoms with van der Waals surface area (Å²) < 4.78 is 60.4. The van der Waals surface area contributed by atoms with E-state index in [0.717, 1.165) is 12.1 Å². The molecule has 0 bridgehead atoms. The van der Waals surface area contributed by atoms with E-state index in [2.05, 4.69) is 0 Å². The smallest absolute Gasteiger partial charge is 1.00 e. The van der Waals surface area contributed by atoms with Crippen LogP contribution < -0.4 is 59.1 Å². The van der Waals surface area contributed by atoms with E-state index in [-0.39, 0.29) is 68.3 Å². The van der Waals surface area contributed by atoms with Crippen molar-refractivity contribution in [3.05, 3.63) is 23.8 Å². The Bertz CT molecular complexity index is 645. The molecule has 0 amide bonds. The quantitative estimate of drug-likeness (QED) is 0.323. The molecule has 7 nitrogen and oxygen atoms in total. The monoisotopic (exact) mass is 314 g/mol. The second kappa shape index (κ2) is 7.48. The van der Waals surface area contributed by atoms with Gasteiger partial charge in [-0.15, -0.1) is 0 Å². The van der Waals surface area contributed by atoms with Crippen LogP contribution in [0.1, 0.15) is 13.2 Å². The van der Waals surface area contributed by atoms with Gasteiger partial charge in [0.25, 0.3) is 20.2 Å². The Kier molecular flexibility index (Phi) is 8.73. The second-order valence-electron chi connectivity index (χ2n) is 2.77. The largest absolute Gasteiger partial charge is 1.00 e. The molecule has 0 aliphatic rings. The zero-order chi connectivity index (χ0) is 12.6. The third-order valence-electron chi connectivity index (χ3n) is 1.69. The van der Waals surface area contributed by atoms with Crippen molar-refractivity contribution in [2.24, 2.45) is 0 Å². The minimum atomic E-state index is -4.74. The van der Waals surface area contributed by atoms with Crippen LogP contribution in [-0.2, 0) is 20.2 Å². The van der Waals surface area contributed by atoms with Crippen LogP contribution in [0.4, 0.5) is 0 Å². The molecule has 18 heavy (non-hydrogen) atoms. The van der Waals surface area contributed by atoms with Gasteiger partial charge in [-0.2, -0.15) is 16.8 Å². The van der Waals surface area contributed by atoms with Crippen molar-refractivity contribution in [3.8, 4) is 0 Å². The summed E-state index contributed by atoms with van der Waals surface area (Å²) in [5.41, 5.74) is -0.407. The molecule has 0 saturated heterocycles. The second-order valence-corrected chi connectivity index (χ2v) is 5.58. The standard InChI is InChI=1S/C7H6O7S2.2Na.2H/c8-4-5-1-2-6(15(9,10)11)3-7(5)16(12,13)14;;;;/h1-4H,(H,9,10,11)(H,12,13,14);;;;/q;2*+1;2*-1. The SMILES string of the molecule is O=Cc1ccc(S(=O)(=O)O)cc1S(=O)(=O)O.[H-].[H-].[Na+].[Na+]. The summed E-state index contributed by atoms with van der Waals surface area (Å²) in [5, 5.41) is 0. The Hall–Kier alpha value is 0.710. The minimum Gasteiger partial charge on any atom is -1.00 e. The molecule has 0 unspecified atom stereocenters. The van der Waals surface area contributed by atoms with Crippen LogP contribution in [0.3, 0.4) is 0 Å². The van der Waals surface area contributed by atoms with Crippen LogP contribution in [0.2, 0.25) is 0 Å². The Labute approximate surface area is 151 Å². The number of carbonyl (C=O) groups excluding carboxylic acids is 1.